The predicted molar refractivity (Wildman–Crippen MR) is 115 cm³/mol. The van der Waals surface area contributed by atoms with Crippen LogP contribution in [0.2, 0.25) is 0 Å². The maximum atomic E-state index is 10.6. The molecule has 2 aromatic rings. The molecule has 0 radical (unpaired) electrons. The van der Waals surface area contributed by atoms with Gasteiger partial charge in [0.2, 0.25) is 5.95 Å². The fourth-order valence-corrected chi connectivity index (χ4v) is 3.43. The van der Waals surface area contributed by atoms with Crippen molar-refractivity contribution in [3.05, 3.63) is 11.9 Å². The van der Waals surface area contributed by atoms with E-state index in [0.29, 0.717) is 29.5 Å². The van der Waals surface area contributed by atoms with Crippen molar-refractivity contribution in [2.45, 2.75) is 70.5 Å². The summed E-state index contributed by atoms with van der Waals surface area (Å²) in [5.74, 6) is 1.07. The monoisotopic (exact) mass is 420 g/mol. The molecule has 10 heteroatoms. The largest absolute Gasteiger partial charge is 0.394 e. The van der Waals surface area contributed by atoms with Crippen molar-refractivity contribution >= 4 is 29.0 Å². The van der Waals surface area contributed by atoms with Gasteiger partial charge in [0.15, 0.2) is 29.0 Å². The van der Waals surface area contributed by atoms with Crippen molar-refractivity contribution in [2.24, 2.45) is 0 Å². The van der Waals surface area contributed by atoms with Crippen LogP contribution in [0.1, 0.15) is 58.0 Å². The number of fused-ring (bicyclic) bond motifs is 1. The second-order valence-corrected chi connectivity index (χ2v) is 7.50. The molecule has 0 spiro atoms. The first kappa shape index (κ1) is 22.4. The fraction of sp³-hybridized carbons (Fsp3) is 0.650. The van der Waals surface area contributed by atoms with E-state index in [4.69, 9.17) is 10.5 Å². The highest BCUT2D eigenvalue weighted by molar-refractivity contribution is 5.85. The van der Waals surface area contributed by atoms with Crippen LogP contribution in [-0.4, -0.2) is 66.3 Å². The number of anilines is 2. The summed E-state index contributed by atoms with van der Waals surface area (Å²) in [4.78, 5) is 13.4. The summed E-state index contributed by atoms with van der Waals surface area (Å²) < 4.78 is 7.33. The van der Waals surface area contributed by atoms with Gasteiger partial charge in [-0.3, -0.25) is 4.57 Å². The Morgan fingerprint density at radius 3 is 2.57 bits per heavy atom. The normalized spacial score (nSPS) is 24.3. The zero-order valence-electron chi connectivity index (χ0n) is 17.5. The van der Waals surface area contributed by atoms with Gasteiger partial charge >= 0.3 is 0 Å². The van der Waals surface area contributed by atoms with Crippen LogP contribution in [-0.2, 0) is 4.74 Å². The molecule has 166 valence electrons. The van der Waals surface area contributed by atoms with Gasteiger partial charge in [0.25, 0.3) is 0 Å². The van der Waals surface area contributed by atoms with Gasteiger partial charge in [0.05, 0.1) is 6.61 Å². The van der Waals surface area contributed by atoms with E-state index in [2.05, 4.69) is 34.1 Å². The molecule has 4 atom stereocenters. The Labute approximate surface area is 175 Å². The lowest BCUT2D eigenvalue weighted by atomic mass is 10.1. The highest BCUT2D eigenvalue weighted by Crippen LogP contribution is 2.35. The molecule has 10 nitrogen and oxygen atoms in total. The van der Waals surface area contributed by atoms with Gasteiger partial charge in [-0.15, -0.1) is 0 Å². The Morgan fingerprint density at radius 1 is 1.13 bits per heavy atom. The molecule has 1 saturated heterocycles. The number of ether oxygens (including phenoxy) is 1. The van der Waals surface area contributed by atoms with Gasteiger partial charge < -0.3 is 31.1 Å². The molecule has 0 bridgehead atoms. The lowest BCUT2D eigenvalue weighted by Gasteiger charge is -2.19. The number of imidazole rings is 1. The molecule has 0 aromatic carbocycles. The van der Waals surface area contributed by atoms with Crippen LogP contribution in [0.5, 0.6) is 0 Å². The van der Waals surface area contributed by atoms with Crippen molar-refractivity contribution < 1.29 is 20.1 Å². The predicted octanol–water partition coefficient (Wildman–Crippen LogP) is 1.44. The molecule has 0 aliphatic carbocycles. The maximum Gasteiger partial charge on any atom is 0.207 e. The average molecular weight is 421 g/mol. The zero-order chi connectivity index (χ0) is 21.7. The van der Waals surface area contributed by atoms with Crippen LogP contribution >= 0.6 is 0 Å². The van der Waals surface area contributed by atoms with Crippen molar-refractivity contribution in [2.75, 3.05) is 24.2 Å². The summed E-state index contributed by atoms with van der Waals surface area (Å²) in [5, 5.41) is 33.5. The van der Waals surface area contributed by atoms with Crippen molar-refractivity contribution in [3.63, 3.8) is 0 Å². The summed E-state index contributed by atoms with van der Waals surface area (Å²) >= 11 is 0. The number of nitrogens with zero attached hydrogens (tertiary/aromatic N) is 4. The minimum atomic E-state index is -1.26. The standard InChI is InChI=1S/C20H32N6O4/c1-3-5-7-8-9-13-23-17(21)14-18(24-13)26(20(25-14)22-10-6-4-2)19-16(29)15(28)12(11-27)30-19/h8-9,12,15-16,19,27-29H,3-7,10-11H2,1-2H3,(H,22,25)(H2,21,23,24)/b9-8+/t12-,15-,16-,19-/m1/s1. The molecular weight excluding hydrogens is 388 g/mol. The first-order valence-electron chi connectivity index (χ1n) is 10.6. The van der Waals surface area contributed by atoms with E-state index < -0.39 is 31.1 Å². The Bertz CT molecular complexity index is 871. The third kappa shape index (κ3) is 4.56. The van der Waals surface area contributed by atoms with Crippen LogP contribution < -0.4 is 11.1 Å². The SMILES string of the molecule is CCCC/C=C/c1nc(N)c2nc(NCCCC)n([C@@H]3O[C@H](CO)[C@@H](O)[C@H]3O)c2n1. The fourth-order valence-electron chi connectivity index (χ4n) is 3.43. The van der Waals surface area contributed by atoms with Gasteiger partial charge in [-0.2, -0.15) is 0 Å². The quantitative estimate of drug-likeness (QED) is 0.359. The van der Waals surface area contributed by atoms with E-state index in [1.54, 1.807) is 4.57 Å². The molecule has 0 saturated carbocycles. The average Bonchev–Trinajstić information content (AvgIpc) is 3.23. The lowest BCUT2D eigenvalue weighted by Crippen LogP contribution is -2.33. The molecule has 2 aromatic heterocycles. The zero-order valence-corrected chi connectivity index (χ0v) is 17.5. The maximum absolute atomic E-state index is 10.6. The number of aliphatic hydroxyl groups excluding tert-OH is 3. The van der Waals surface area contributed by atoms with Crippen LogP contribution in [0.3, 0.4) is 0 Å². The van der Waals surface area contributed by atoms with E-state index in [1.807, 2.05) is 12.2 Å². The Morgan fingerprint density at radius 2 is 1.90 bits per heavy atom. The Balaban J connectivity index is 2.05. The number of aliphatic hydroxyl groups is 3. The molecule has 3 rings (SSSR count). The second kappa shape index (κ2) is 10.2. The molecular formula is C20H32N6O4. The number of rotatable bonds is 10. The van der Waals surface area contributed by atoms with E-state index in [9.17, 15) is 15.3 Å². The molecule has 3 heterocycles. The number of hydrogen-bond donors (Lipinski definition) is 5. The third-order valence-corrected chi connectivity index (χ3v) is 5.16. The van der Waals surface area contributed by atoms with Gasteiger partial charge in [0.1, 0.15) is 18.3 Å². The molecule has 1 aliphatic heterocycles. The minimum absolute atomic E-state index is 0.221. The number of unbranched alkanes of at least 4 members (excludes halogenated alkanes) is 3. The topological polar surface area (TPSA) is 152 Å². The highest BCUT2D eigenvalue weighted by atomic mass is 16.6. The van der Waals surface area contributed by atoms with Gasteiger partial charge in [-0.05, 0) is 18.9 Å². The molecule has 0 amide bonds. The second-order valence-electron chi connectivity index (χ2n) is 7.50. The summed E-state index contributed by atoms with van der Waals surface area (Å²) in [6.45, 7) is 4.45. The lowest BCUT2D eigenvalue weighted by molar-refractivity contribution is -0.0501. The smallest absolute Gasteiger partial charge is 0.207 e. The van der Waals surface area contributed by atoms with Crippen molar-refractivity contribution in [3.8, 4) is 0 Å². The number of aromatic nitrogens is 4. The van der Waals surface area contributed by atoms with Gasteiger partial charge in [-0.1, -0.05) is 39.2 Å². The Hall–Kier alpha value is -2.27. The first-order chi connectivity index (χ1) is 14.5. The third-order valence-electron chi connectivity index (χ3n) is 5.16. The van der Waals surface area contributed by atoms with Crippen molar-refractivity contribution in [1.29, 1.82) is 0 Å². The van der Waals surface area contributed by atoms with Gasteiger partial charge in [-0.25, -0.2) is 15.0 Å². The number of nitrogens with two attached hydrogens (primary N) is 1. The summed E-state index contributed by atoms with van der Waals surface area (Å²) in [6, 6.07) is 0. The highest BCUT2D eigenvalue weighted by Gasteiger charge is 2.45. The summed E-state index contributed by atoms with van der Waals surface area (Å²) in [5.41, 5.74) is 6.94. The molecule has 6 N–H and O–H groups in total. The molecule has 0 unspecified atom stereocenters. The number of nitrogen functional groups attached to an aromatic ring is 1. The van der Waals surface area contributed by atoms with Crippen molar-refractivity contribution in [1.82, 2.24) is 19.5 Å². The summed E-state index contributed by atoms with van der Waals surface area (Å²) in [6.07, 6.45) is 4.44. The van der Waals surface area contributed by atoms with E-state index in [-0.39, 0.29) is 5.82 Å². The first-order valence-corrected chi connectivity index (χ1v) is 10.6. The van der Waals surface area contributed by atoms with Crippen LogP contribution in [0, 0.1) is 0 Å². The number of hydrogen-bond acceptors (Lipinski definition) is 9. The molecule has 1 aliphatic rings. The Kier molecular flexibility index (Phi) is 7.59. The van der Waals surface area contributed by atoms with E-state index in [1.165, 1.54) is 0 Å². The van der Waals surface area contributed by atoms with Crippen LogP contribution in [0.15, 0.2) is 6.08 Å². The van der Waals surface area contributed by atoms with E-state index in [0.717, 1.165) is 32.1 Å². The van der Waals surface area contributed by atoms with Gasteiger partial charge in [0, 0.05) is 6.54 Å². The summed E-state index contributed by atoms with van der Waals surface area (Å²) in [7, 11) is 0. The molecule has 30 heavy (non-hydrogen) atoms. The number of nitrogens with one attached hydrogen (secondary N) is 1. The molecule has 1 fully saturated rings. The van der Waals surface area contributed by atoms with E-state index >= 15 is 0 Å². The minimum Gasteiger partial charge on any atom is -0.394 e. The number of allylic oxidation sites excluding steroid dienone is 1. The van der Waals surface area contributed by atoms with Crippen LogP contribution in [0.4, 0.5) is 11.8 Å². The van der Waals surface area contributed by atoms with Crippen LogP contribution in [0.25, 0.3) is 17.2 Å².